The average molecular weight is 288 g/mol. The first-order valence-corrected chi connectivity index (χ1v) is 7.05. The van der Waals surface area contributed by atoms with E-state index in [2.05, 4.69) is 30.9 Å². The van der Waals surface area contributed by atoms with E-state index in [0.29, 0.717) is 10.6 Å². The summed E-state index contributed by atoms with van der Waals surface area (Å²) in [5.74, 6) is 0. The van der Waals surface area contributed by atoms with Crippen LogP contribution in [0.25, 0.3) is 0 Å². The number of carbonyl (C=O) groups is 1. The maximum Gasteiger partial charge on any atom is 0.152 e. The van der Waals surface area contributed by atoms with Gasteiger partial charge in [0.05, 0.1) is 0 Å². The highest BCUT2D eigenvalue weighted by molar-refractivity contribution is 6.31. The normalized spacial score (nSPS) is 10.6. The van der Waals surface area contributed by atoms with Gasteiger partial charge in [-0.3, -0.25) is 4.79 Å². The molecule has 0 aliphatic rings. The van der Waals surface area contributed by atoms with Crippen molar-refractivity contribution in [3.05, 3.63) is 64.7 Å². The number of nitrogens with zero attached hydrogens (tertiary/aromatic N) is 1. The molecular weight excluding hydrogens is 270 g/mol. The van der Waals surface area contributed by atoms with Crippen molar-refractivity contribution >= 4 is 23.6 Å². The molecule has 2 nitrogen and oxygen atoms in total. The summed E-state index contributed by atoms with van der Waals surface area (Å²) in [5, 5.41) is 0.643. The quantitative estimate of drug-likeness (QED) is 0.751. The maximum absolute atomic E-state index is 11.2. The first-order chi connectivity index (χ1) is 9.61. The molecule has 2 aromatic rings. The zero-order chi connectivity index (χ0) is 14.5. The Labute approximate surface area is 125 Å². The fourth-order valence-corrected chi connectivity index (χ4v) is 2.36. The highest BCUT2D eigenvalue weighted by Gasteiger charge is 2.15. The Balaban J connectivity index is 2.38. The Bertz CT molecular complexity index is 581. The summed E-state index contributed by atoms with van der Waals surface area (Å²) in [4.78, 5) is 13.4. The van der Waals surface area contributed by atoms with Crippen LogP contribution in [0.3, 0.4) is 0 Å². The van der Waals surface area contributed by atoms with Crippen LogP contribution < -0.4 is 4.90 Å². The van der Waals surface area contributed by atoms with Crippen LogP contribution in [0.15, 0.2) is 48.5 Å². The predicted molar refractivity (Wildman–Crippen MR) is 84.6 cm³/mol. The number of hydrogen-bond donors (Lipinski definition) is 0. The molecule has 0 amide bonds. The molecule has 0 N–H and O–H groups in total. The molecule has 0 radical (unpaired) electrons. The van der Waals surface area contributed by atoms with Crippen molar-refractivity contribution in [2.24, 2.45) is 0 Å². The zero-order valence-corrected chi connectivity index (χ0v) is 12.5. The number of rotatable bonds is 5. The molecule has 2 aromatic carbocycles. The molecular formula is C17H18ClNO. The Kier molecular flexibility index (Phi) is 4.80. The van der Waals surface area contributed by atoms with E-state index in [-0.39, 0.29) is 6.04 Å². The van der Waals surface area contributed by atoms with Crippen LogP contribution in [0.4, 0.5) is 5.69 Å². The maximum atomic E-state index is 11.2. The van der Waals surface area contributed by atoms with E-state index in [0.717, 1.165) is 18.5 Å². The number of halogens is 1. The second-order valence-electron chi connectivity index (χ2n) is 5.03. The van der Waals surface area contributed by atoms with E-state index in [4.69, 9.17) is 11.6 Å². The summed E-state index contributed by atoms with van der Waals surface area (Å²) in [7, 11) is 0. The van der Waals surface area contributed by atoms with Crippen LogP contribution in [0.2, 0.25) is 5.02 Å². The van der Waals surface area contributed by atoms with Crippen molar-refractivity contribution in [2.45, 2.75) is 26.4 Å². The summed E-state index contributed by atoms with van der Waals surface area (Å²) in [5.41, 5.74) is 2.75. The molecule has 0 aromatic heterocycles. The first-order valence-electron chi connectivity index (χ1n) is 6.67. The number of benzene rings is 2. The molecule has 0 heterocycles. The molecule has 0 fully saturated rings. The van der Waals surface area contributed by atoms with Crippen LogP contribution in [0.5, 0.6) is 0 Å². The van der Waals surface area contributed by atoms with Gasteiger partial charge in [0.2, 0.25) is 0 Å². The van der Waals surface area contributed by atoms with Gasteiger partial charge in [-0.25, -0.2) is 0 Å². The van der Waals surface area contributed by atoms with Crippen LogP contribution in [-0.2, 0) is 6.54 Å². The van der Waals surface area contributed by atoms with Gasteiger partial charge in [0.1, 0.15) is 0 Å². The van der Waals surface area contributed by atoms with Crippen molar-refractivity contribution < 1.29 is 4.79 Å². The van der Waals surface area contributed by atoms with Crippen molar-refractivity contribution in [3.63, 3.8) is 0 Å². The van der Waals surface area contributed by atoms with Gasteiger partial charge in [0, 0.05) is 28.9 Å². The molecule has 0 saturated carbocycles. The molecule has 0 unspecified atom stereocenters. The standard InChI is InChI=1S/C17H18ClNO/c1-13(2)19(11-14-6-4-3-5-7-14)17-10-16(18)9-8-15(17)12-20/h3-10,12-13H,11H2,1-2H3. The van der Waals surface area contributed by atoms with Crippen molar-refractivity contribution in [1.82, 2.24) is 0 Å². The Hall–Kier alpha value is -1.80. The minimum absolute atomic E-state index is 0.271. The topological polar surface area (TPSA) is 20.3 Å². The van der Waals surface area contributed by atoms with Gasteiger partial charge in [0.15, 0.2) is 6.29 Å². The van der Waals surface area contributed by atoms with Crippen LogP contribution in [-0.4, -0.2) is 12.3 Å². The van der Waals surface area contributed by atoms with E-state index < -0.39 is 0 Å². The zero-order valence-electron chi connectivity index (χ0n) is 11.7. The summed E-state index contributed by atoms with van der Waals surface area (Å²) < 4.78 is 0. The third-order valence-corrected chi connectivity index (χ3v) is 3.48. The highest BCUT2D eigenvalue weighted by Crippen LogP contribution is 2.27. The fourth-order valence-electron chi connectivity index (χ4n) is 2.19. The Morgan fingerprint density at radius 1 is 1.15 bits per heavy atom. The minimum atomic E-state index is 0.271. The van der Waals surface area contributed by atoms with E-state index >= 15 is 0 Å². The Morgan fingerprint density at radius 2 is 1.85 bits per heavy atom. The number of hydrogen-bond acceptors (Lipinski definition) is 2. The molecule has 0 bridgehead atoms. The monoisotopic (exact) mass is 287 g/mol. The molecule has 0 aliphatic heterocycles. The van der Waals surface area contributed by atoms with Gasteiger partial charge in [0.25, 0.3) is 0 Å². The SMILES string of the molecule is CC(C)N(Cc1ccccc1)c1cc(Cl)ccc1C=O. The third kappa shape index (κ3) is 3.40. The lowest BCUT2D eigenvalue weighted by atomic mass is 10.1. The molecule has 0 atom stereocenters. The first kappa shape index (κ1) is 14.6. The third-order valence-electron chi connectivity index (χ3n) is 3.25. The van der Waals surface area contributed by atoms with Crippen LogP contribution in [0, 0.1) is 0 Å². The number of aldehydes is 1. The van der Waals surface area contributed by atoms with Crippen molar-refractivity contribution in [3.8, 4) is 0 Å². The lowest BCUT2D eigenvalue weighted by Crippen LogP contribution is -2.31. The molecule has 20 heavy (non-hydrogen) atoms. The summed E-state index contributed by atoms with van der Waals surface area (Å²) >= 11 is 6.08. The average Bonchev–Trinajstić information content (AvgIpc) is 2.45. The fraction of sp³-hybridized carbons (Fsp3) is 0.235. The Morgan fingerprint density at radius 3 is 2.45 bits per heavy atom. The smallest absolute Gasteiger partial charge is 0.152 e. The van der Waals surface area contributed by atoms with Crippen LogP contribution >= 0.6 is 11.6 Å². The van der Waals surface area contributed by atoms with Gasteiger partial charge in [-0.2, -0.15) is 0 Å². The number of carbonyl (C=O) groups excluding carboxylic acids is 1. The van der Waals surface area contributed by atoms with Crippen molar-refractivity contribution in [2.75, 3.05) is 4.90 Å². The second-order valence-corrected chi connectivity index (χ2v) is 5.46. The van der Waals surface area contributed by atoms with E-state index in [1.165, 1.54) is 5.56 Å². The molecule has 3 heteroatoms. The van der Waals surface area contributed by atoms with Gasteiger partial charge in [-0.1, -0.05) is 41.9 Å². The minimum Gasteiger partial charge on any atom is -0.364 e. The lowest BCUT2D eigenvalue weighted by Gasteiger charge is -2.30. The largest absolute Gasteiger partial charge is 0.364 e. The molecule has 2 rings (SSSR count). The van der Waals surface area contributed by atoms with Crippen LogP contribution in [0.1, 0.15) is 29.8 Å². The van der Waals surface area contributed by atoms with E-state index in [1.807, 2.05) is 24.3 Å². The highest BCUT2D eigenvalue weighted by atomic mass is 35.5. The summed E-state index contributed by atoms with van der Waals surface area (Å²) in [6.45, 7) is 4.97. The molecule has 0 aliphatic carbocycles. The van der Waals surface area contributed by atoms with Gasteiger partial charge in [-0.15, -0.1) is 0 Å². The second kappa shape index (κ2) is 6.58. The van der Waals surface area contributed by atoms with Gasteiger partial charge >= 0.3 is 0 Å². The van der Waals surface area contributed by atoms with Gasteiger partial charge in [-0.05, 0) is 37.6 Å². The molecule has 104 valence electrons. The summed E-state index contributed by atoms with van der Waals surface area (Å²) in [6, 6.07) is 15.8. The molecule has 0 spiro atoms. The van der Waals surface area contributed by atoms with Crippen molar-refractivity contribution in [1.29, 1.82) is 0 Å². The van der Waals surface area contributed by atoms with E-state index in [1.54, 1.807) is 12.1 Å². The predicted octanol–water partition coefficient (Wildman–Crippen LogP) is 4.57. The summed E-state index contributed by atoms with van der Waals surface area (Å²) in [6.07, 6.45) is 0.881. The van der Waals surface area contributed by atoms with Gasteiger partial charge < -0.3 is 4.90 Å². The van der Waals surface area contributed by atoms with E-state index in [9.17, 15) is 4.79 Å². The molecule has 0 saturated heterocycles. The lowest BCUT2D eigenvalue weighted by molar-refractivity contribution is 0.112. The number of anilines is 1.